The number of benzene rings is 3. The number of hydrazone groups is 1. The van der Waals surface area contributed by atoms with Crippen LogP contribution in [0.3, 0.4) is 0 Å². The van der Waals surface area contributed by atoms with Gasteiger partial charge in [0.1, 0.15) is 19.0 Å². The maximum Gasteiger partial charge on any atom is 0.282 e. The number of nitrogens with zero attached hydrogens (tertiary/aromatic N) is 3. The minimum Gasteiger partial charge on any atom is -0.486 e. The topological polar surface area (TPSA) is 98.9 Å². The molecule has 164 valence electrons. The number of hydrogen-bond acceptors (Lipinski definition) is 7. The average Bonchev–Trinajstić information content (AvgIpc) is 2.83. The van der Waals surface area contributed by atoms with Crippen LogP contribution in [0.4, 0.5) is 11.5 Å². The lowest BCUT2D eigenvalue weighted by Gasteiger charge is -2.18. The van der Waals surface area contributed by atoms with Crippen molar-refractivity contribution in [2.24, 2.45) is 5.10 Å². The molecule has 1 aromatic heterocycles. The summed E-state index contributed by atoms with van der Waals surface area (Å²) in [5.74, 6) is 1.32. The lowest BCUT2D eigenvalue weighted by Crippen LogP contribution is -2.16. The molecule has 2 heterocycles. The molecule has 0 radical (unpaired) electrons. The van der Waals surface area contributed by atoms with Crippen molar-refractivity contribution in [1.29, 1.82) is 0 Å². The van der Waals surface area contributed by atoms with E-state index in [1.165, 1.54) is 12.3 Å². The molecule has 1 aliphatic rings. The number of nitrogens with one attached hydrogen (secondary N) is 1. The number of pyridine rings is 1. The van der Waals surface area contributed by atoms with Gasteiger partial charge in [-0.25, -0.2) is 4.98 Å². The minimum absolute atomic E-state index is 0.119. The zero-order chi connectivity index (χ0) is 22.8. The number of aromatic nitrogens is 1. The number of rotatable bonds is 5. The summed E-state index contributed by atoms with van der Waals surface area (Å²) in [4.78, 5) is 15.7. The van der Waals surface area contributed by atoms with Gasteiger partial charge in [-0.05, 0) is 41.5 Å². The molecule has 8 nitrogen and oxygen atoms in total. The van der Waals surface area contributed by atoms with E-state index in [4.69, 9.17) is 9.47 Å². The van der Waals surface area contributed by atoms with Crippen LogP contribution in [-0.2, 0) is 0 Å². The van der Waals surface area contributed by atoms with Crippen molar-refractivity contribution in [3.8, 4) is 22.6 Å². The number of halogens is 1. The van der Waals surface area contributed by atoms with Gasteiger partial charge in [0.05, 0.1) is 28.3 Å². The lowest BCUT2D eigenvalue weighted by molar-refractivity contribution is -0.385. The fraction of sp³-hybridized carbons (Fsp3) is 0.0833. The van der Waals surface area contributed by atoms with Crippen molar-refractivity contribution >= 4 is 44.6 Å². The van der Waals surface area contributed by atoms with Gasteiger partial charge in [-0.15, -0.1) is 0 Å². The Bertz CT molecular complexity index is 1390. The first-order valence-corrected chi connectivity index (χ1v) is 10.9. The predicted molar refractivity (Wildman–Crippen MR) is 130 cm³/mol. The van der Waals surface area contributed by atoms with E-state index in [-0.39, 0.29) is 5.69 Å². The molecule has 0 spiro atoms. The molecule has 0 amide bonds. The highest BCUT2D eigenvalue weighted by Crippen LogP contribution is 2.36. The molecule has 0 saturated carbocycles. The Morgan fingerprint density at radius 3 is 2.55 bits per heavy atom. The zero-order valence-corrected chi connectivity index (χ0v) is 18.8. The minimum atomic E-state index is -0.473. The maximum absolute atomic E-state index is 11.5. The second-order valence-electron chi connectivity index (χ2n) is 7.26. The van der Waals surface area contributed by atoms with Crippen LogP contribution in [0.15, 0.2) is 76.3 Å². The molecular formula is C24H17BrN4O4. The van der Waals surface area contributed by atoms with Crippen molar-refractivity contribution in [3.05, 3.63) is 86.9 Å². The molecule has 0 saturated heterocycles. The first kappa shape index (κ1) is 20.9. The SMILES string of the molecule is O=[N+]([O-])c1cc2c(cc1/C=N\Nc1cc(-c3ccccc3)c3cc(Br)ccc3n1)OCCO2. The number of nitro groups is 1. The highest BCUT2D eigenvalue weighted by molar-refractivity contribution is 9.10. The number of anilines is 1. The number of fused-ring (bicyclic) bond motifs is 2. The summed E-state index contributed by atoms with van der Waals surface area (Å²) in [6.07, 6.45) is 1.38. The molecule has 4 aromatic rings. The van der Waals surface area contributed by atoms with Gasteiger partial charge in [0, 0.05) is 9.86 Å². The predicted octanol–water partition coefficient (Wildman–Crippen LogP) is 5.79. The van der Waals surface area contributed by atoms with Crippen LogP contribution >= 0.6 is 15.9 Å². The number of hydrogen-bond donors (Lipinski definition) is 1. The Morgan fingerprint density at radius 2 is 1.79 bits per heavy atom. The zero-order valence-electron chi connectivity index (χ0n) is 17.2. The highest BCUT2D eigenvalue weighted by atomic mass is 79.9. The molecule has 0 aliphatic carbocycles. The summed E-state index contributed by atoms with van der Waals surface area (Å²) in [5, 5.41) is 16.7. The van der Waals surface area contributed by atoms with Crippen LogP contribution in [0, 0.1) is 10.1 Å². The van der Waals surface area contributed by atoms with Gasteiger partial charge in [0.2, 0.25) is 0 Å². The van der Waals surface area contributed by atoms with Gasteiger partial charge in [-0.3, -0.25) is 15.5 Å². The Morgan fingerprint density at radius 1 is 1.03 bits per heavy atom. The third kappa shape index (κ3) is 4.35. The van der Waals surface area contributed by atoms with Gasteiger partial charge < -0.3 is 9.47 Å². The highest BCUT2D eigenvalue weighted by Gasteiger charge is 2.21. The maximum atomic E-state index is 11.5. The van der Waals surface area contributed by atoms with E-state index in [9.17, 15) is 10.1 Å². The molecule has 1 aliphatic heterocycles. The first-order chi connectivity index (χ1) is 16.1. The fourth-order valence-corrected chi connectivity index (χ4v) is 4.00. The van der Waals surface area contributed by atoms with E-state index in [2.05, 4.69) is 31.4 Å². The van der Waals surface area contributed by atoms with Gasteiger partial charge in [-0.1, -0.05) is 46.3 Å². The van der Waals surface area contributed by atoms with Gasteiger partial charge in [0.25, 0.3) is 5.69 Å². The van der Waals surface area contributed by atoms with E-state index in [1.807, 2.05) is 54.6 Å². The average molecular weight is 505 g/mol. The van der Waals surface area contributed by atoms with Crippen molar-refractivity contribution in [2.75, 3.05) is 18.6 Å². The molecular weight excluding hydrogens is 488 g/mol. The van der Waals surface area contributed by atoms with Crippen molar-refractivity contribution < 1.29 is 14.4 Å². The molecule has 0 bridgehead atoms. The first-order valence-electron chi connectivity index (χ1n) is 10.1. The summed E-state index contributed by atoms with van der Waals surface area (Å²) in [6, 6.07) is 20.7. The van der Waals surface area contributed by atoms with Gasteiger partial charge in [-0.2, -0.15) is 5.10 Å². The molecule has 0 unspecified atom stereocenters. The van der Waals surface area contributed by atoms with Crippen LogP contribution in [0.25, 0.3) is 22.0 Å². The summed E-state index contributed by atoms with van der Waals surface area (Å²) in [7, 11) is 0. The summed E-state index contributed by atoms with van der Waals surface area (Å²) in [6.45, 7) is 0.742. The molecule has 0 atom stereocenters. The van der Waals surface area contributed by atoms with Crippen LogP contribution in [0.5, 0.6) is 11.5 Å². The third-order valence-electron chi connectivity index (χ3n) is 5.13. The summed E-state index contributed by atoms with van der Waals surface area (Å²) in [5.41, 5.74) is 5.91. The molecule has 9 heteroatoms. The molecule has 3 aromatic carbocycles. The number of ether oxygens (including phenoxy) is 2. The van der Waals surface area contributed by atoms with Crippen molar-refractivity contribution in [2.45, 2.75) is 0 Å². The largest absolute Gasteiger partial charge is 0.486 e. The quantitative estimate of drug-likeness (QED) is 0.210. The Balaban J connectivity index is 1.50. The van der Waals surface area contributed by atoms with E-state index in [0.29, 0.717) is 36.1 Å². The fourth-order valence-electron chi connectivity index (χ4n) is 3.64. The Hall–Kier alpha value is -3.98. The van der Waals surface area contributed by atoms with Crippen LogP contribution < -0.4 is 14.9 Å². The summed E-state index contributed by atoms with van der Waals surface area (Å²) >= 11 is 3.53. The van der Waals surface area contributed by atoms with Crippen molar-refractivity contribution in [3.63, 3.8) is 0 Å². The van der Waals surface area contributed by atoms with Crippen LogP contribution in [0.2, 0.25) is 0 Å². The molecule has 5 rings (SSSR count). The second-order valence-corrected chi connectivity index (χ2v) is 8.18. The molecule has 33 heavy (non-hydrogen) atoms. The van der Waals surface area contributed by atoms with Crippen molar-refractivity contribution in [1.82, 2.24) is 4.98 Å². The standard InChI is InChI=1S/C24H17BrN4O4/c25-17-6-7-20-19(11-17)18(15-4-2-1-3-5-15)12-24(27-20)28-26-14-16-10-22-23(33-9-8-32-22)13-21(16)29(30)31/h1-7,10-14H,8-9H2,(H,27,28)/b26-14-. The monoisotopic (exact) mass is 504 g/mol. The Labute approximate surface area is 197 Å². The molecule has 0 fully saturated rings. The third-order valence-corrected chi connectivity index (χ3v) is 5.62. The van der Waals surface area contributed by atoms with Gasteiger partial charge >= 0.3 is 0 Å². The van der Waals surface area contributed by atoms with Gasteiger partial charge in [0.15, 0.2) is 11.5 Å². The normalized spacial score (nSPS) is 12.8. The smallest absolute Gasteiger partial charge is 0.282 e. The molecule has 1 N–H and O–H groups in total. The van der Waals surface area contributed by atoms with E-state index in [1.54, 1.807) is 6.07 Å². The second kappa shape index (κ2) is 8.87. The Kier molecular flexibility index (Phi) is 5.62. The summed E-state index contributed by atoms with van der Waals surface area (Å²) < 4.78 is 11.9. The lowest BCUT2D eigenvalue weighted by atomic mass is 10.0. The number of nitro benzene ring substituents is 1. The van der Waals surface area contributed by atoms with E-state index < -0.39 is 4.92 Å². The van der Waals surface area contributed by atoms with E-state index >= 15 is 0 Å². The van der Waals surface area contributed by atoms with E-state index in [0.717, 1.165) is 26.5 Å². The van der Waals surface area contributed by atoms with Crippen LogP contribution in [0.1, 0.15) is 5.56 Å². The van der Waals surface area contributed by atoms with Crippen LogP contribution in [-0.4, -0.2) is 29.3 Å².